The van der Waals surface area contributed by atoms with Gasteiger partial charge < -0.3 is 10.1 Å². The topological polar surface area (TPSA) is 99.9 Å². The Morgan fingerprint density at radius 3 is 2.60 bits per heavy atom. The van der Waals surface area contributed by atoms with Gasteiger partial charge in [-0.3, -0.25) is 9.78 Å². The lowest BCUT2D eigenvalue weighted by Gasteiger charge is -2.11. The second-order valence-electron chi connectivity index (χ2n) is 5.39. The number of aromatic amines is 2. The van der Waals surface area contributed by atoms with Crippen molar-refractivity contribution in [3.63, 3.8) is 0 Å². The fourth-order valence-corrected chi connectivity index (χ4v) is 2.35. The Morgan fingerprint density at radius 2 is 1.84 bits per heavy atom. The first kappa shape index (κ1) is 16.5. The van der Waals surface area contributed by atoms with Crippen molar-refractivity contribution in [1.29, 1.82) is 0 Å². The van der Waals surface area contributed by atoms with Crippen LogP contribution in [0.4, 0.5) is 0 Å². The number of H-pyrrole nitrogens is 2. The highest BCUT2D eigenvalue weighted by molar-refractivity contribution is 5.96. The van der Waals surface area contributed by atoms with Crippen molar-refractivity contribution in [2.45, 2.75) is 13.0 Å². The number of benzene rings is 2. The van der Waals surface area contributed by atoms with Gasteiger partial charge in [0.25, 0.3) is 5.91 Å². The third-order valence-electron chi connectivity index (χ3n) is 3.59. The molecule has 0 radical (unpaired) electrons. The molecule has 1 amide bonds. The molecule has 3 rings (SSSR count). The van der Waals surface area contributed by atoms with Crippen molar-refractivity contribution in [3.8, 4) is 5.75 Å². The summed E-state index contributed by atoms with van der Waals surface area (Å²) in [5, 5.41) is 8.70. The van der Waals surface area contributed by atoms with Gasteiger partial charge in [0.2, 0.25) is 0 Å². The summed E-state index contributed by atoms with van der Waals surface area (Å²) in [6.45, 7) is 0.594. The average Bonchev–Trinajstić information content (AvgIpc) is 3.06. The number of hydrogen-bond donors (Lipinski definition) is 3. The first-order chi connectivity index (χ1) is 12.2. The number of carbonyl (C=O) groups excluding carboxylic acids is 1. The number of carbonyl (C=O) groups is 1. The van der Waals surface area contributed by atoms with Crippen LogP contribution in [0, 0.1) is 0 Å². The molecule has 128 valence electrons. The van der Waals surface area contributed by atoms with E-state index in [0.717, 1.165) is 6.42 Å². The highest BCUT2D eigenvalue weighted by atomic mass is 16.5. The molecule has 0 aliphatic heterocycles. The normalized spacial score (nSPS) is 10.4. The van der Waals surface area contributed by atoms with Crippen LogP contribution >= 0.6 is 0 Å². The number of rotatable bonds is 7. The Morgan fingerprint density at radius 1 is 1.08 bits per heavy atom. The minimum absolute atomic E-state index is 0.121. The first-order valence-corrected chi connectivity index (χ1v) is 7.90. The summed E-state index contributed by atoms with van der Waals surface area (Å²) in [6.07, 6.45) is 0.755. The lowest BCUT2D eigenvalue weighted by molar-refractivity contribution is 0.0946. The molecule has 0 saturated heterocycles. The molecule has 25 heavy (non-hydrogen) atoms. The van der Waals surface area contributed by atoms with E-state index in [1.54, 1.807) is 18.2 Å². The van der Waals surface area contributed by atoms with E-state index in [4.69, 9.17) is 4.74 Å². The summed E-state index contributed by atoms with van der Waals surface area (Å²) in [5.41, 5.74) is 1.20. The SMILES string of the molecule is O=C(NCc1n[nH]c(=O)[nH]1)c1ccccc1OCCc1ccccc1. The Labute approximate surface area is 144 Å². The smallest absolute Gasteiger partial charge is 0.340 e. The largest absolute Gasteiger partial charge is 0.492 e. The maximum Gasteiger partial charge on any atom is 0.340 e. The van der Waals surface area contributed by atoms with Crippen LogP contribution in [0.5, 0.6) is 5.75 Å². The molecule has 0 aliphatic carbocycles. The maximum absolute atomic E-state index is 12.4. The van der Waals surface area contributed by atoms with Crippen molar-refractivity contribution in [2.24, 2.45) is 0 Å². The minimum Gasteiger partial charge on any atom is -0.492 e. The van der Waals surface area contributed by atoms with Crippen LogP contribution in [-0.2, 0) is 13.0 Å². The van der Waals surface area contributed by atoms with Gasteiger partial charge in [-0.2, -0.15) is 5.10 Å². The van der Waals surface area contributed by atoms with E-state index >= 15 is 0 Å². The van der Waals surface area contributed by atoms with E-state index in [0.29, 0.717) is 23.7 Å². The van der Waals surface area contributed by atoms with Gasteiger partial charge in [0.1, 0.15) is 11.6 Å². The van der Waals surface area contributed by atoms with E-state index in [1.165, 1.54) is 5.56 Å². The third kappa shape index (κ3) is 4.57. The van der Waals surface area contributed by atoms with E-state index in [-0.39, 0.29) is 12.5 Å². The zero-order valence-corrected chi connectivity index (χ0v) is 13.5. The highest BCUT2D eigenvalue weighted by Crippen LogP contribution is 2.18. The van der Waals surface area contributed by atoms with Crippen LogP contribution < -0.4 is 15.7 Å². The molecule has 1 heterocycles. The average molecular weight is 338 g/mol. The molecule has 7 heteroatoms. The summed E-state index contributed by atoms with van der Waals surface area (Å²) < 4.78 is 5.78. The number of amides is 1. The van der Waals surface area contributed by atoms with E-state index in [9.17, 15) is 9.59 Å². The van der Waals surface area contributed by atoms with Crippen molar-refractivity contribution < 1.29 is 9.53 Å². The highest BCUT2D eigenvalue weighted by Gasteiger charge is 2.12. The van der Waals surface area contributed by atoms with Crippen LogP contribution in [-0.4, -0.2) is 27.7 Å². The number of aromatic nitrogens is 3. The van der Waals surface area contributed by atoms with Gasteiger partial charge in [-0.1, -0.05) is 42.5 Å². The Balaban J connectivity index is 1.59. The zero-order chi connectivity index (χ0) is 17.5. The molecular weight excluding hydrogens is 320 g/mol. The van der Waals surface area contributed by atoms with Crippen molar-refractivity contribution in [3.05, 3.63) is 82.0 Å². The van der Waals surface area contributed by atoms with Gasteiger partial charge in [0, 0.05) is 6.42 Å². The van der Waals surface area contributed by atoms with Crippen LogP contribution in [0.25, 0.3) is 0 Å². The van der Waals surface area contributed by atoms with Crippen molar-refractivity contribution >= 4 is 5.91 Å². The van der Waals surface area contributed by atoms with Gasteiger partial charge in [-0.25, -0.2) is 9.89 Å². The number of para-hydroxylation sites is 1. The molecule has 0 bridgehead atoms. The maximum atomic E-state index is 12.4. The molecule has 0 atom stereocenters. The van der Waals surface area contributed by atoms with Gasteiger partial charge in [0.15, 0.2) is 0 Å². The van der Waals surface area contributed by atoms with Crippen molar-refractivity contribution in [1.82, 2.24) is 20.5 Å². The summed E-state index contributed by atoms with van der Waals surface area (Å²) in [6, 6.07) is 17.0. The summed E-state index contributed by atoms with van der Waals surface area (Å²) in [7, 11) is 0. The fourth-order valence-electron chi connectivity index (χ4n) is 2.35. The predicted octanol–water partition coefficient (Wildman–Crippen LogP) is 1.65. The minimum atomic E-state index is -0.408. The monoisotopic (exact) mass is 338 g/mol. The second-order valence-corrected chi connectivity index (χ2v) is 5.39. The molecule has 0 aliphatic rings. The van der Waals surface area contributed by atoms with Crippen LogP contribution in [0.15, 0.2) is 59.4 Å². The first-order valence-electron chi connectivity index (χ1n) is 7.90. The lowest BCUT2D eigenvalue weighted by Crippen LogP contribution is -2.24. The lowest BCUT2D eigenvalue weighted by atomic mass is 10.1. The molecule has 0 saturated carbocycles. The second kappa shape index (κ2) is 7.96. The molecule has 2 aromatic carbocycles. The summed E-state index contributed by atoms with van der Waals surface area (Å²) in [4.78, 5) is 25.8. The Hall–Kier alpha value is -3.35. The molecule has 7 nitrogen and oxygen atoms in total. The quantitative estimate of drug-likeness (QED) is 0.610. The molecule has 0 fully saturated rings. The molecule has 3 aromatic rings. The van der Waals surface area contributed by atoms with Gasteiger partial charge in [-0.15, -0.1) is 0 Å². The van der Waals surface area contributed by atoms with Crippen LogP contribution in [0.1, 0.15) is 21.7 Å². The van der Waals surface area contributed by atoms with Gasteiger partial charge >= 0.3 is 5.69 Å². The van der Waals surface area contributed by atoms with E-state index < -0.39 is 5.69 Å². The standard InChI is InChI=1S/C18H18N4O3/c23-17(19-12-16-20-18(24)22-21-16)14-8-4-5-9-15(14)25-11-10-13-6-2-1-3-7-13/h1-9H,10-12H2,(H,19,23)(H2,20,21,22,24). The Kier molecular flexibility index (Phi) is 5.26. The molecule has 1 aromatic heterocycles. The number of nitrogens with zero attached hydrogens (tertiary/aromatic N) is 1. The molecule has 3 N–H and O–H groups in total. The zero-order valence-electron chi connectivity index (χ0n) is 13.5. The van der Waals surface area contributed by atoms with E-state index in [2.05, 4.69) is 20.5 Å². The number of ether oxygens (including phenoxy) is 1. The third-order valence-corrected chi connectivity index (χ3v) is 3.59. The fraction of sp³-hybridized carbons (Fsp3) is 0.167. The van der Waals surface area contributed by atoms with Crippen LogP contribution in [0.3, 0.4) is 0 Å². The summed E-state index contributed by atoms with van der Waals surface area (Å²) >= 11 is 0. The van der Waals surface area contributed by atoms with E-state index in [1.807, 2.05) is 36.4 Å². The molecule has 0 unspecified atom stereocenters. The van der Waals surface area contributed by atoms with Gasteiger partial charge in [0.05, 0.1) is 18.7 Å². The number of hydrogen-bond acceptors (Lipinski definition) is 4. The predicted molar refractivity (Wildman–Crippen MR) is 92.5 cm³/mol. The van der Waals surface area contributed by atoms with Gasteiger partial charge in [-0.05, 0) is 17.7 Å². The van der Waals surface area contributed by atoms with Crippen LogP contribution in [0.2, 0.25) is 0 Å². The Bertz CT molecular complexity index is 886. The summed E-state index contributed by atoms with van der Waals surface area (Å²) in [5.74, 6) is 0.589. The molecule has 0 spiro atoms. The molecular formula is C18H18N4O3. The number of nitrogens with one attached hydrogen (secondary N) is 3. The van der Waals surface area contributed by atoms with Crippen molar-refractivity contribution in [2.75, 3.05) is 6.61 Å².